The van der Waals surface area contributed by atoms with E-state index in [9.17, 15) is 50.4 Å². The number of nitrogens with zero attached hydrogens (tertiary/aromatic N) is 2. The van der Waals surface area contributed by atoms with Gasteiger partial charge in [-0.15, -0.1) is 4.70 Å². The maximum Gasteiger partial charge on any atom is 0.449 e. The molecule has 0 aromatic carbocycles. The van der Waals surface area contributed by atoms with Crippen molar-refractivity contribution in [2.24, 2.45) is 5.11 Å². The molecule has 196 valence electrons. The number of aliphatic hydroxyl groups excluding tert-OH is 1. The number of rotatable bonds is 2. The van der Waals surface area contributed by atoms with Gasteiger partial charge in [0.1, 0.15) is 6.04 Å². The third kappa shape index (κ3) is 18.6. The van der Waals surface area contributed by atoms with Crippen LogP contribution in [0.25, 0.3) is 1.43 Å². The molecule has 0 aromatic rings. The third-order valence-electron chi connectivity index (χ3n) is 4.69. The second kappa shape index (κ2) is 7.81. The van der Waals surface area contributed by atoms with Gasteiger partial charge in [0.05, 0.1) is 13.3 Å². The average Bonchev–Trinajstić information content (AvgIpc) is 2.84. The summed E-state index contributed by atoms with van der Waals surface area (Å²) < 4.78 is 136. The van der Waals surface area contributed by atoms with Crippen LogP contribution in [0.1, 0.15) is 58.3 Å². The van der Waals surface area contributed by atoms with Crippen molar-refractivity contribution in [1.82, 2.24) is 0 Å². The molecule has 0 spiro atoms. The third-order valence-corrected chi connectivity index (χ3v) is 4.69. The topological polar surface area (TPSA) is 49.6 Å². The number of azo groups is 2. The molecule has 18 heteroatoms. The van der Waals surface area contributed by atoms with Crippen molar-refractivity contribution in [3.8, 4) is 0 Å². The van der Waals surface area contributed by atoms with E-state index in [2.05, 4.69) is 9.81 Å². The molecule has 4 atom stereocenters. The van der Waals surface area contributed by atoms with E-state index in [0.29, 0.717) is 24.0 Å². The second-order valence-corrected chi connectivity index (χ2v) is 11.8. The van der Waals surface area contributed by atoms with Crippen LogP contribution in [0.3, 0.4) is 0 Å². The molecule has 0 aromatic heterocycles. The molecule has 2 aliphatic carbocycles. The fraction of sp³-hybridized carbons (Fsp3) is 0.929. The molecule has 4 rings (SSSR count). The summed E-state index contributed by atoms with van der Waals surface area (Å²) in [5, 5.41) is 9.41. The molecule has 2 heterocycles. The van der Waals surface area contributed by atoms with Gasteiger partial charge < -0.3 is 5.11 Å². The summed E-state index contributed by atoms with van der Waals surface area (Å²) in [6.45, 7) is 1.69. The molecule has 2 unspecified atom stereocenters. The Kier molecular flexibility index (Phi) is 6.28. The predicted octanol–water partition coefficient (Wildman–Crippen LogP) is 7.91. The maximum atomic E-state index is 9.87. The van der Waals surface area contributed by atoms with E-state index < -0.39 is 15.6 Å². The summed E-state index contributed by atoms with van der Waals surface area (Å²) >= 11 is 0. The van der Waals surface area contributed by atoms with Gasteiger partial charge in [0.2, 0.25) is 0 Å². The van der Waals surface area contributed by atoms with Gasteiger partial charge in [0.25, 0.3) is 1.43 Å². The van der Waals surface area contributed by atoms with Crippen molar-refractivity contribution < 1.29 is 66.6 Å². The van der Waals surface area contributed by atoms with Gasteiger partial charge in [0, 0.05) is 25.7 Å². The van der Waals surface area contributed by atoms with Crippen LogP contribution in [-0.2, 0) is 0 Å². The van der Waals surface area contributed by atoms with Crippen LogP contribution in [-0.4, -0.2) is 39.9 Å². The fourth-order valence-electron chi connectivity index (χ4n) is 3.87. The van der Waals surface area contributed by atoms with Gasteiger partial charge in [-0.25, -0.2) is 4.99 Å². The summed E-state index contributed by atoms with van der Waals surface area (Å²) in [6.07, 6.45) is 9.49. The molecule has 0 amide bonds. The first-order valence-corrected chi connectivity index (χ1v) is 13.5. The first kappa shape index (κ1) is 25.7. The number of hydrogen-bond donors (Lipinski definition) is 2. The van der Waals surface area contributed by atoms with E-state index in [1.54, 1.807) is 6.92 Å². The Morgan fingerprint density at radius 2 is 1.34 bits per heavy atom. The summed E-state index contributed by atoms with van der Waals surface area (Å²) in [6, 6.07) is 1.83. The van der Waals surface area contributed by atoms with Gasteiger partial charge in [-0.1, -0.05) is 0 Å². The molecular formula is C14H25F12N3OP2. The smallest absolute Gasteiger partial charge is 0.449 e. The molecular weight excluding hydrogens is 516 g/mol. The fourth-order valence-corrected chi connectivity index (χ4v) is 3.87. The van der Waals surface area contributed by atoms with Crippen molar-refractivity contribution in [2.75, 3.05) is 0 Å². The molecule has 4 nitrogen and oxygen atoms in total. The number of fused-ring (bicyclic) bond motifs is 3. The van der Waals surface area contributed by atoms with E-state index in [1.165, 1.54) is 37.1 Å². The van der Waals surface area contributed by atoms with Crippen LogP contribution in [0, 0.1) is 0 Å². The molecule has 2 bridgehead atoms. The van der Waals surface area contributed by atoms with Crippen LogP contribution in [0.15, 0.2) is 5.11 Å². The Hall–Kier alpha value is -0.910. The molecule has 4 aliphatic rings. The zero-order chi connectivity index (χ0) is 26.9. The Balaban J connectivity index is 0.000000343. The predicted molar refractivity (Wildman–Crippen MR) is 96.2 cm³/mol. The van der Waals surface area contributed by atoms with Crippen LogP contribution >= 0.6 is 15.6 Å². The van der Waals surface area contributed by atoms with Crippen LogP contribution in [0.2, 0.25) is 1.41 Å². The number of hydrogen-bond acceptors (Lipinski definition) is 2. The Bertz CT molecular complexity index is 761. The number of aliphatic hydroxyl groups is 1. The SMILES string of the molecule is F[P-](F)(F)(F)(F)F.F[P-](F)(F)(F)(F)F.[2H]O/C(C)=[N+](/[2H])C1CCC([N+]2=N[C@H]3CCC[C@@H]2CC3)C1. The Labute approximate surface area is 178 Å². The summed E-state index contributed by atoms with van der Waals surface area (Å²) in [4.78, 5) is 1.38. The van der Waals surface area contributed by atoms with E-state index in [4.69, 9.17) is 7.96 Å². The van der Waals surface area contributed by atoms with Crippen molar-refractivity contribution in [1.29, 1.82) is 1.43 Å². The number of halogens is 12. The van der Waals surface area contributed by atoms with Gasteiger partial charge in [-0.05, 0) is 24.4 Å². The maximum absolute atomic E-state index is 10.7. The largest absolute Gasteiger partial charge is 0.464 e. The van der Waals surface area contributed by atoms with E-state index in [-0.39, 0.29) is 6.04 Å². The zero-order valence-electron chi connectivity index (χ0n) is 18.6. The molecule has 2 N–H and O–H groups in total. The molecule has 2 saturated carbocycles. The van der Waals surface area contributed by atoms with Gasteiger partial charge in [-0.3, -0.25) is 0 Å². The summed E-state index contributed by atoms with van der Waals surface area (Å²) in [5.74, 6) is 0.366. The summed E-state index contributed by atoms with van der Waals surface area (Å²) in [5.41, 5.74) is 0. The normalized spacial score (nSPS) is 34.1. The van der Waals surface area contributed by atoms with E-state index in [0.717, 1.165) is 19.3 Å². The molecule has 2 aliphatic heterocycles. The van der Waals surface area contributed by atoms with E-state index >= 15 is 0 Å². The minimum atomic E-state index is -10.7. The van der Waals surface area contributed by atoms with Crippen molar-refractivity contribution >= 4 is 21.5 Å². The molecule has 2 fully saturated rings. The van der Waals surface area contributed by atoms with Crippen LogP contribution in [0.4, 0.5) is 50.4 Å². The quantitative estimate of drug-likeness (QED) is 0.120. The van der Waals surface area contributed by atoms with Crippen LogP contribution < -0.4 is 4.99 Å². The standard InChI is InChI=1S/C14H23N3O.2F6P/c1-10(18)15-12-6-8-14(9-12)17-13-4-2-3-11(16-17)5-7-13;2*1-7(2,3,4,5)6/h11-14H,2-9H2,1H3;;/q;2*-1/p+2/t11-,12?,13+,14?;;/m0../s1/i/hD2. The molecule has 32 heavy (non-hydrogen) atoms. The minimum Gasteiger partial charge on any atom is -0.464 e. The van der Waals surface area contributed by atoms with Crippen molar-refractivity contribution in [2.45, 2.75) is 82.5 Å². The average molecular weight is 543 g/mol. The minimum absolute atomic E-state index is 0.169. The van der Waals surface area contributed by atoms with Gasteiger partial charge >= 0.3 is 73.3 Å². The Morgan fingerprint density at radius 1 is 0.844 bits per heavy atom. The number of nitrogens with one attached hydrogen (secondary N) is 1. The molecule has 0 radical (unpaired) electrons. The monoisotopic (exact) mass is 543 g/mol. The van der Waals surface area contributed by atoms with Gasteiger partial charge in [-0.2, -0.15) is 0 Å². The van der Waals surface area contributed by atoms with Gasteiger partial charge in [0.15, 0.2) is 18.1 Å². The molecule has 0 saturated heterocycles. The van der Waals surface area contributed by atoms with E-state index in [1.807, 2.05) is 0 Å². The zero-order valence-corrected chi connectivity index (χ0v) is 18.4. The van der Waals surface area contributed by atoms with Crippen LogP contribution in [0.5, 0.6) is 0 Å². The Morgan fingerprint density at radius 3 is 1.84 bits per heavy atom. The first-order valence-electron chi connectivity index (χ1n) is 10.3. The van der Waals surface area contributed by atoms with Crippen molar-refractivity contribution in [3.63, 3.8) is 0 Å². The first-order chi connectivity index (χ1) is 14.6. The van der Waals surface area contributed by atoms with Crippen molar-refractivity contribution in [3.05, 3.63) is 0 Å². The summed E-state index contributed by atoms with van der Waals surface area (Å²) in [7, 11) is -21.3. The second-order valence-electron chi connectivity index (χ2n) is 8.00.